The van der Waals surface area contributed by atoms with Gasteiger partial charge in [0.15, 0.2) is 12.3 Å². The first-order valence-corrected chi connectivity index (χ1v) is 8.23. The first kappa shape index (κ1) is 16.4. The van der Waals surface area contributed by atoms with Crippen LogP contribution >= 0.6 is 11.3 Å². The maximum atomic E-state index is 12.2. The predicted molar refractivity (Wildman–Crippen MR) is 89.5 cm³/mol. The van der Waals surface area contributed by atoms with Gasteiger partial charge in [-0.3, -0.25) is 9.59 Å². The van der Waals surface area contributed by atoms with E-state index in [1.807, 2.05) is 6.07 Å². The highest BCUT2D eigenvalue weighted by Crippen LogP contribution is 2.11. The Labute approximate surface area is 134 Å². The number of Topliss-reactive ketones (excluding diaryl/α,β-unsaturated/α-hetero) is 1. The van der Waals surface area contributed by atoms with Crippen molar-refractivity contribution in [1.82, 2.24) is 0 Å². The second kappa shape index (κ2) is 7.87. The summed E-state index contributed by atoms with van der Waals surface area (Å²) in [7, 11) is 0. The van der Waals surface area contributed by atoms with Gasteiger partial charge in [-0.1, -0.05) is 18.2 Å². The number of amides is 1. The zero-order valence-corrected chi connectivity index (χ0v) is 13.7. The number of carbonyl (C=O) groups is 2. The Morgan fingerprint density at radius 2 is 2.05 bits per heavy atom. The van der Waals surface area contributed by atoms with Crippen LogP contribution in [0.5, 0.6) is 0 Å². The molecule has 0 spiro atoms. The van der Waals surface area contributed by atoms with Crippen LogP contribution in [-0.2, 0) is 11.3 Å². The normalized spacial score (nSPS) is 11.9. The van der Waals surface area contributed by atoms with Crippen molar-refractivity contribution in [2.75, 3.05) is 18.4 Å². The zero-order valence-electron chi connectivity index (χ0n) is 12.9. The summed E-state index contributed by atoms with van der Waals surface area (Å²) in [6.07, 6.45) is 0. The largest absolute Gasteiger partial charge is 0.323 e. The fourth-order valence-corrected chi connectivity index (χ4v) is 3.00. The van der Waals surface area contributed by atoms with E-state index in [1.165, 1.54) is 16.7 Å². The molecule has 2 rings (SSSR count). The van der Waals surface area contributed by atoms with Crippen molar-refractivity contribution in [3.8, 4) is 0 Å². The summed E-state index contributed by atoms with van der Waals surface area (Å²) >= 11 is 1.71. The molecule has 0 bridgehead atoms. The zero-order chi connectivity index (χ0) is 15.9. The third-order valence-corrected chi connectivity index (χ3v) is 4.34. The molecule has 0 saturated heterocycles. The topological polar surface area (TPSA) is 50.6 Å². The van der Waals surface area contributed by atoms with Crippen molar-refractivity contribution in [2.24, 2.45) is 0 Å². The molecule has 5 heteroatoms. The highest BCUT2D eigenvalue weighted by Gasteiger charge is 2.14. The maximum absolute atomic E-state index is 12.2. The van der Waals surface area contributed by atoms with E-state index in [0.29, 0.717) is 17.8 Å². The third-order valence-electron chi connectivity index (χ3n) is 3.47. The molecule has 1 aromatic carbocycles. The predicted octanol–water partition coefficient (Wildman–Crippen LogP) is 1.99. The van der Waals surface area contributed by atoms with Crippen LogP contribution in [0.1, 0.15) is 29.1 Å². The smallest absolute Gasteiger partial charge is 0.279 e. The number of hydrogen-bond donors (Lipinski definition) is 2. The van der Waals surface area contributed by atoms with Gasteiger partial charge < -0.3 is 10.2 Å². The van der Waals surface area contributed by atoms with Gasteiger partial charge in [0.1, 0.15) is 6.54 Å². The molecule has 1 heterocycles. The van der Waals surface area contributed by atoms with Crippen LogP contribution < -0.4 is 10.2 Å². The molecule has 0 radical (unpaired) electrons. The summed E-state index contributed by atoms with van der Waals surface area (Å²) in [4.78, 5) is 26.0. The average Bonchev–Trinajstić information content (AvgIpc) is 2.99. The quantitative estimate of drug-likeness (QED) is 0.767. The van der Waals surface area contributed by atoms with Gasteiger partial charge in [0.25, 0.3) is 5.91 Å². The Hall–Kier alpha value is -1.98. The van der Waals surface area contributed by atoms with Crippen molar-refractivity contribution < 1.29 is 14.5 Å². The number of rotatable bonds is 7. The van der Waals surface area contributed by atoms with Gasteiger partial charge in [-0.25, -0.2) is 0 Å². The van der Waals surface area contributed by atoms with Gasteiger partial charge in [-0.2, -0.15) is 0 Å². The third kappa shape index (κ3) is 4.79. The van der Waals surface area contributed by atoms with Gasteiger partial charge >= 0.3 is 0 Å². The number of thiophene rings is 1. The monoisotopic (exact) mass is 317 g/mol. The molecule has 0 aliphatic heterocycles. The van der Waals surface area contributed by atoms with E-state index < -0.39 is 0 Å². The molecule has 1 unspecified atom stereocenters. The van der Waals surface area contributed by atoms with Crippen LogP contribution in [-0.4, -0.2) is 24.8 Å². The Kier molecular flexibility index (Phi) is 5.86. The second-order valence-corrected chi connectivity index (χ2v) is 6.25. The fraction of sp³-hybridized carbons (Fsp3) is 0.294. The Morgan fingerprint density at radius 1 is 1.23 bits per heavy atom. The van der Waals surface area contributed by atoms with Crippen LogP contribution in [0.25, 0.3) is 0 Å². The molecule has 1 amide bonds. The van der Waals surface area contributed by atoms with E-state index >= 15 is 0 Å². The van der Waals surface area contributed by atoms with Crippen LogP contribution in [0.3, 0.4) is 0 Å². The van der Waals surface area contributed by atoms with Gasteiger partial charge in [-0.15, -0.1) is 11.3 Å². The molecular formula is C17H21N2O2S+. The first-order chi connectivity index (χ1) is 10.6. The summed E-state index contributed by atoms with van der Waals surface area (Å²) in [5.74, 6) is -0.0382. The van der Waals surface area contributed by atoms with Gasteiger partial charge in [0.2, 0.25) is 0 Å². The molecule has 116 valence electrons. The van der Waals surface area contributed by atoms with E-state index in [9.17, 15) is 9.59 Å². The highest BCUT2D eigenvalue weighted by atomic mass is 32.1. The molecule has 0 saturated carbocycles. The van der Waals surface area contributed by atoms with Gasteiger partial charge in [0, 0.05) is 11.3 Å². The first-order valence-electron chi connectivity index (χ1n) is 7.35. The molecule has 2 aromatic rings. The highest BCUT2D eigenvalue weighted by molar-refractivity contribution is 7.09. The van der Waals surface area contributed by atoms with Crippen LogP contribution in [0.15, 0.2) is 41.8 Å². The lowest BCUT2D eigenvalue weighted by molar-refractivity contribution is -0.903. The minimum Gasteiger partial charge on any atom is -0.323 e. The van der Waals surface area contributed by atoms with Crippen molar-refractivity contribution >= 4 is 28.7 Å². The maximum Gasteiger partial charge on any atom is 0.279 e. The lowest BCUT2D eigenvalue weighted by Gasteiger charge is -2.16. The number of benzene rings is 1. The fourth-order valence-electron chi connectivity index (χ4n) is 2.22. The second-order valence-electron chi connectivity index (χ2n) is 5.22. The van der Waals surface area contributed by atoms with Crippen molar-refractivity contribution in [3.05, 3.63) is 52.2 Å². The van der Waals surface area contributed by atoms with Crippen LogP contribution in [0.4, 0.5) is 5.69 Å². The minimum absolute atomic E-state index is 0.00500. The number of quaternary nitrogens is 1. The number of anilines is 1. The summed E-state index contributed by atoms with van der Waals surface area (Å²) in [6, 6.07) is 11.2. The average molecular weight is 317 g/mol. The number of hydrogen-bond acceptors (Lipinski definition) is 3. The molecule has 1 atom stereocenters. The number of ketones is 1. The molecule has 4 nitrogen and oxygen atoms in total. The van der Waals surface area contributed by atoms with Crippen LogP contribution in [0, 0.1) is 0 Å². The molecular weight excluding hydrogens is 296 g/mol. The minimum atomic E-state index is -0.0332. The van der Waals surface area contributed by atoms with Crippen molar-refractivity contribution in [1.29, 1.82) is 0 Å². The number of nitrogens with one attached hydrogen (secondary N) is 2. The van der Waals surface area contributed by atoms with E-state index in [4.69, 9.17) is 0 Å². The molecule has 1 aromatic heterocycles. The van der Waals surface area contributed by atoms with Crippen LogP contribution in [0.2, 0.25) is 0 Å². The van der Waals surface area contributed by atoms with E-state index in [1.54, 1.807) is 35.6 Å². The molecule has 0 aliphatic rings. The summed E-state index contributed by atoms with van der Waals surface area (Å²) < 4.78 is 0. The Morgan fingerprint density at radius 3 is 2.68 bits per heavy atom. The number of carbonyl (C=O) groups excluding carboxylic acids is 2. The Bertz CT molecular complexity index is 638. The van der Waals surface area contributed by atoms with E-state index in [0.717, 1.165) is 13.1 Å². The van der Waals surface area contributed by atoms with E-state index in [-0.39, 0.29) is 11.7 Å². The molecule has 0 aliphatic carbocycles. The standard InChI is InChI=1S/C17H20N2O2S/c1-3-19(11-16-8-5-9-22-16)12-17(21)18-15-7-4-6-14(10-15)13(2)20/h4-10H,3,11-12H2,1-2H3,(H,18,21)/p+1. The number of likely N-dealkylation sites (N-methyl/N-ethyl adjacent to an activating group) is 1. The summed E-state index contributed by atoms with van der Waals surface area (Å²) in [6.45, 7) is 5.75. The molecule has 0 fully saturated rings. The Balaban J connectivity index is 1.93. The van der Waals surface area contributed by atoms with Gasteiger partial charge in [-0.05, 0) is 37.4 Å². The SMILES string of the molecule is CC[NH+](CC(=O)Nc1cccc(C(C)=O)c1)Cc1cccs1. The lowest BCUT2D eigenvalue weighted by Crippen LogP contribution is -3.11. The molecule has 22 heavy (non-hydrogen) atoms. The van der Waals surface area contributed by atoms with Crippen molar-refractivity contribution in [2.45, 2.75) is 20.4 Å². The lowest BCUT2D eigenvalue weighted by atomic mass is 10.1. The van der Waals surface area contributed by atoms with Crippen molar-refractivity contribution in [3.63, 3.8) is 0 Å². The molecule has 2 N–H and O–H groups in total. The summed E-state index contributed by atoms with van der Waals surface area (Å²) in [5.41, 5.74) is 1.28. The van der Waals surface area contributed by atoms with Gasteiger partial charge in [0.05, 0.1) is 11.4 Å². The summed E-state index contributed by atoms with van der Waals surface area (Å²) in [5, 5.41) is 4.92. The van der Waals surface area contributed by atoms with E-state index in [2.05, 4.69) is 23.7 Å².